The third kappa shape index (κ3) is 3.50. The van der Waals surface area contributed by atoms with Crippen LogP contribution in [0.5, 0.6) is 0 Å². The zero-order chi connectivity index (χ0) is 13.8. The Morgan fingerprint density at radius 2 is 2.16 bits per heavy atom. The van der Waals surface area contributed by atoms with Crippen molar-refractivity contribution in [1.29, 1.82) is 0 Å². The number of hydrogen-bond donors (Lipinski definition) is 1. The molecule has 102 valence electrons. The van der Waals surface area contributed by atoms with Gasteiger partial charge in [0.05, 0.1) is 12.2 Å². The first-order valence-electron chi connectivity index (χ1n) is 6.28. The zero-order valence-corrected chi connectivity index (χ0v) is 12.5. The first-order valence-corrected chi connectivity index (χ1v) is 7.04. The van der Waals surface area contributed by atoms with Crippen molar-refractivity contribution in [3.63, 3.8) is 0 Å². The van der Waals surface area contributed by atoms with E-state index >= 15 is 0 Å². The summed E-state index contributed by atoms with van der Waals surface area (Å²) in [5.41, 5.74) is 2.12. The lowest BCUT2D eigenvalue weighted by Crippen LogP contribution is -2.23. The topological polar surface area (TPSA) is 29.9 Å². The van der Waals surface area contributed by atoms with Crippen molar-refractivity contribution in [3.8, 4) is 0 Å². The molecule has 0 bridgehead atoms. The number of hydrogen-bond acceptors (Lipinski definition) is 2. The van der Waals surface area contributed by atoms with Gasteiger partial charge < -0.3 is 5.32 Å². The predicted molar refractivity (Wildman–Crippen MR) is 79.8 cm³/mol. The number of rotatable bonds is 5. The highest BCUT2D eigenvalue weighted by Crippen LogP contribution is 2.30. The summed E-state index contributed by atoms with van der Waals surface area (Å²) in [5.74, 6) is 0. The average molecular weight is 298 g/mol. The molecule has 1 atom stereocenters. The number of nitrogens with one attached hydrogen (secondary N) is 1. The van der Waals surface area contributed by atoms with Gasteiger partial charge in [0.15, 0.2) is 0 Å². The van der Waals surface area contributed by atoms with E-state index in [-0.39, 0.29) is 6.04 Å². The van der Waals surface area contributed by atoms with Crippen molar-refractivity contribution < 1.29 is 0 Å². The molecule has 1 unspecified atom stereocenters. The quantitative estimate of drug-likeness (QED) is 0.909. The van der Waals surface area contributed by atoms with E-state index in [4.69, 9.17) is 23.2 Å². The van der Waals surface area contributed by atoms with E-state index in [0.29, 0.717) is 10.0 Å². The van der Waals surface area contributed by atoms with Crippen LogP contribution in [0.15, 0.2) is 30.6 Å². The fraction of sp³-hybridized carbons (Fsp3) is 0.357. The molecule has 0 saturated heterocycles. The molecule has 0 radical (unpaired) electrons. The second-order valence-electron chi connectivity index (χ2n) is 4.50. The molecule has 1 N–H and O–H groups in total. The highest BCUT2D eigenvalue weighted by molar-refractivity contribution is 6.35. The van der Waals surface area contributed by atoms with Gasteiger partial charge in [-0.2, -0.15) is 5.10 Å². The Balaban J connectivity index is 2.36. The molecule has 1 aromatic carbocycles. The number of halogens is 2. The summed E-state index contributed by atoms with van der Waals surface area (Å²) in [6.07, 6.45) is 4.92. The van der Waals surface area contributed by atoms with Crippen LogP contribution in [0.1, 0.15) is 30.5 Å². The fourth-order valence-electron chi connectivity index (χ4n) is 2.02. The van der Waals surface area contributed by atoms with Gasteiger partial charge in [0, 0.05) is 28.9 Å². The summed E-state index contributed by atoms with van der Waals surface area (Å²) in [4.78, 5) is 0. The van der Waals surface area contributed by atoms with Crippen LogP contribution in [0.4, 0.5) is 0 Å². The normalized spacial score (nSPS) is 12.6. The van der Waals surface area contributed by atoms with E-state index in [1.54, 1.807) is 10.7 Å². The highest BCUT2D eigenvalue weighted by Gasteiger charge is 2.17. The molecule has 0 spiro atoms. The predicted octanol–water partition coefficient (Wildman–Crippen LogP) is 3.82. The van der Waals surface area contributed by atoms with Crippen LogP contribution < -0.4 is 5.32 Å². The Morgan fingerprint density at radius 1 is 1.37 bits per heavy atom. The summed E-state index contributed by atoms with van der Waals surface area (Å²) in [7, 11) is 1.91. The van der Waals surface area contributed by atoms with Crippen molar-refractivity contribution in [1.82, 2.24) is 15.1 Å². The lowest BCUT2D eigenvalue weighted by atomic mass is 10.0. The number of aromatic nitrogens is 2. The molecule has 3 nitrogen and oxygen atoms in total. The largest absolute Gasteiger partial charge is 0.306 e. The van der Waals surface area contributed by atoms with E-state index in [2.05, 4.69) is 17.3 Å². The third-order valence-electron chi connectivity index (χ3n) is 2.93. The maximum atomic E-state index is 6.31. The second-order valence-corrected chi connectivity index (χ2v) is 5.34. The number of nitrogens with zero attached hydrogens (tertiary/aromatic N) is 2. The summed E-state index contributed by atoms with van der Waals surface area (Å²) in [6, 6.07) is 5.64. The second kappa shape index (κ2) is 6.42. The highest BCUT2D eigenvalue weighted by atomic mass is 35.5. The first-order chi connectivity index (χ1) is 9.11. The van der Waals surface area contributed by atoms with Gasteiger partial charge in [-0.3, -0.25) is 4.68 Å². The maximum absolute atomic E-state index is 6.31. The van der Waals surface area contributed by atoms with Crippen molar-refractivity contribution in [3.05, 3.63) is 51.8 Å². The van der Waals surface area contributed by atoms with Crippen LogP contribution in [-0.2, 0) is 7.05 Å². The fourth-order valence-corrected chi connectivity index (χ4v) is 2.54. The van der Waals surface area contributed by atoms with Crippen LogP contribution in [0.25, 0.3) is 0 Å². The van der Waals surface area contributed by atoms with Gasteiger partial charge in [0.25, 0.3) is 0 Å². The van der Waals surface area contributed by atoms with Gasteiger partial charge >= 0.3 is 0 Å². The van der Waals surface area contributed by atoms with E-state index in [0.717, 1.165) is 24.1 Å². The van der Waals surface area contributed by atoms with E-state index in [9.17, 15) is 0 Å². The lowest BCUT2D eigenvalue weighted by Gasteiger charge is -2.19. The van der Waals surface area contributed by atoms with Crippen LogP contribution in [0, 0.1) is 0 Å². The van der Waals surface area contributed by atoms with Crippen LogP contribution in [0.3, 0.4) is 0 Å². The summed E-state index contributed by atoms with van der Waals surface area (Å²) in [6.45, 7) is 3.05. The minimum absolute atomic E-state index is 0.0402. The molecule has 1 heterocycles. The standard InChI is InChI=1S/C14H17Cl2N3/c1-3-6-17-14(10-8-18-19(2)9-10)12-5-4-11(15)7-13(12)16/h4-5,7-9,14,17H,3,6H2,1-2H3. The van der Waals surface area contributed by atoms with Crippen molar-refractivity contribution in [2.45, 2.75) is 19.4 Å². The Kier molecular flexibility index (Phi) is 4.86. The maximum Gasteiger partial charge on any atom is 0.0622 e. The van der Waals surface area contributed by atoms with E-state index in [1.807, 2.05) is 31.6 Å². The Morgan fingerprint density at radius 3 is 2.74 bits per heavy atom. The molecule has 0 aliphatic rings. The average Bonchev–Trinajstić information content (AvgIpc) is 2.78. The van der Waals surface area contributed by atoms with Gasteiger partial charge in [-0.1, -0.05) is 36.2 Å². The van der Waals surface area contributed by atoms with Crippen molar-refractivity contribution in [2.75, 3.05) is 6.54 Å². The van der Waals surface area contributed by atoms with E-state index < -0.39 is 0 Å². The molecule has 0 fully saturated rings. The molecule has 1 aromatic heterocycles. The van der Waals surface area contributed by atoms with Gasteiger partial charge in [-0.05, 0) is 30.7 Å². The summed E-state index contributed by atoms with van der Waals surface area (Å²) in [5, 5.41) is 9.04. The van der Waals surface area contributed by atoms with Gasteiger partial charge in [0.1, 0.15) is 0 Å². The van der Waals surface area contributed by atoms with Crippen molar-refractivity contribution >= 4 is 23.2 Å². The monoisotopic (exact) mass is 297 g/mol. The smallest absolute Gasteiger partial charge is 0.0622 e. The van der Waals surface area contributed by atoms with Crippen LogP contribution >= 0.6 is 23.2 Å². The SMILES string of the molecule is CCCNC(c1cnn(C)c1)c1ccc(Cl)cc1Cl. The molecule has 0 amide bonds. The lowest BCUT2D eigenvalue weighted by molar-refractivity contribution is 0.598. The van der Waals surface area contributed by atoms with Crippen LogP contribution in [0.2, 0.25) is 10.0 Å². The molecule has 5 heteroatoms. The Hall–Kier alpha value is -1.03. The molecular formula is C14H17Cl2N3. The van der Waals surface area contributed by atoms with Gasteiger partial charge in [-0.15, -0.1) is 0 Å². The minimum Gasteiger partial charge on any atom is -0.306 e. The number of aryl methyl sites for hydroxylation is 1. The summed E-state index contributed by atoms with van der Waals surface area (Å²) < 4.78 is 1.79. The summed E-state index contributed by atoms with van der Waals surface area (Å²) >= 11 is 12.3. The van der Waals surface area contributed by atoms with E-state index in [1.165, 1.54) is 0 Å². The molecule has 2 aromatic rings. The van der Waals surface area contributed by atoms with Crippen molar-refractivity contribution in [2.24, 2.45) is 7.05 Å². The third-order valence-corrected chi connectivity index (χ3v) is 3.49. The zero-order valence-electron chi connectivity index (χ0n) is 11.0. The molecule has 2 rings (SSSR count). The Labute approximate surface area is 123 Å². The molecule has 0 saturated carbocycles. The molecular weight excluding hydrogens is 281 g/mol. The minimum atomic E-state index is 0.0402. The Bertz CT molecular complexity index is 551. The molecule has 19 heavy (non-hydrogen) atoms. The van der Waals surface area contributed by atoms with Gasteiger partial charge in [-0.25, -0.2) is 0 Å². The molecule has 0 aliphatic heterocycles. The number of benzene rings is 1. The first kappa shape index (κ1) is 14.4. The van der Waals surface area contributed by atoms with Crippen LogP contribution in [-0.4, -0.2) is 16.3 Å². The molecule has 0 aliphatic carbocycles. The van der Waals surface area contributed by atoms with Gasteiger partial charge in [0.2, 0.25) is 0 Å².